The molecule has 0 radical (unpaired) electrons. The third-order valence-corrected chi connectivity index (χ3v) is 4.72. The van der Waals surface area contributed by atoms with E-state index in [0.29, 0.717) is 6.04 Å². The topological polar surface area (TPSA) is 15.3 Å². The molecule has 1 atom stereocenters. The van der Waals surface area contributed by atoms with Crippen molar-refractivity contribution in [3.05, 3.63) is 0 Å². The number of nitrogens with one attached hydrogen (secondary N) is 1. The van der Waals surface area contributed by atoms with Crippen LogP contribution in [0.4, 0.5) is 0 Å². The third-order valence-electron chi connectivity index (χ3n) is 4.72. The van der Waals surface area contributed by atoms with E-state index in [4.69, 9.17) is 0 Å². The lowest BCUT2D eigenvalue weighted by Crippen LogP contribution is -2.46. The van der Waals surface area contributed by atoms with Gasteiger partial charge in [0.1, 0.15) is 0 Å². The summed E-state index contributed by atoms with van der Waals surface area (Å²) in [5.74, 6) is 2.07. The van der Waals surface area contributed by atoms with E-state index in [0.717, 1.165) is 17.9 Å². The number of likely N-dealkylation sites (tertiary alicyclic amines) is 1. The molecule has 1 unspecified atom stereocenters. The maximum absolute atomic E-state index is 3.95. The second-order valence-electron chi connectivity index (χ2n) is 6.63. The molecule has 0 spiro atoms. The molecule has 1 saturated heterocycles. The summed E-state index contributed by atoms with van der Waals surface area (Å²) in [6, 6.07) is 1.56. The van der Waals surface area contributed by atoms with E-state index in [1.54, 1.807) is 0 Å². The van der Waals surface area contributed by atoms with Crippen molar-refractivity contribution in [1.82, 2.24) is 10.2 Å². The van der Waals surface area contributed by atoms with Gasteiger partial charge in [0.15, 0.2) is 0 Å². The Bertz CT molecular complexity index is 227. The normalized spacial score (nSPS) is 28.6. The van der Waals surface area contributed by atoms with Crippen molar-refractivity contribution in [2.24, 2.45) is 11.8 Å². The van der Waals surface area contributed by atoms with Gasteiger partial charge in [-0.15, -0.1) is 0 Å². The molecule has 17 heavy (non-hydrogen) atoms. The summed E-state index contributed by atoms with van der Waals surface area (Å²) in [5, 5.41) is 3.95. The molecule has 2 saturated carbocycles. The van der Waals surface area contributed by atoms with Crippen molar-refractivity contribution in [3.8, 4) is 0 Å². The van der Waals surface area contributed by atoms with Crippen molar-refractivity contribution in [2.45, 2.75) is 64.0 Å². The van der Waals surface area contributed by atoms with Crippen LogP contribution in [0.25, 0.3) is 0 Å². The summed E-state index contributed by atoms with van der Waals surface area (Å²) >= 11 is 0. The highest BCUT2D eigenvalue weighted by Crippen LogP contribution is 2.44. The predicted molar refractivity (Wildman–Crippen MR) is 72.1 cm³/mol. The van der Waals surface area contributed by atoms with Gasteiger partial charge in [-0.2, -0.15) is 0 Å². The first-order valence-electron chi connectivity index (χ1n) is 7.81. The van der Waals surface area contributed by atoms with Gasteiger partial charge in [0.05, 0.1) is 0 Å². The van der Waals surface area contributed by atoms with Gasteiger partial charge in [-0.05, 0) is 70.4 Å². The maximum Gasteiger partial charge on any atom is 0.0169 e. The molecule has 1 heterocycles. The van der Waals surface area contributed by atoms with E-state index in [-0.39, 0.29) is 0 Å². The molecule has 3 rings (SSSR count). The Morgan fingerprint density at radius 1 is 1.00 bits per heavy atom. The monoisotopic (exact) mass is 236 g/mol. The molecule has 0 aromatic heterocycles. The largest absolute Gasteiger partial charge is 0.310 e. The van der Waals surface area contributed by atoms with Gasteiger partial charge in [-0.3, -0.25) is 0 Å². The average molecular weight is 236 g/mol. The Morgan fingerprint density at radius 3 is 2.12 bits per heavy atom. The molecule has 0 aromatic carbocycles. The lowest BCUT2D eigenvalue weighted by molar-refractivity contribution is 0.199. The minimum absolute atomic E-state index is 0.694. The molecule has 0 bridgehead atoms. The molecule has 2 nitrogen and oxygen atoms in total. The predicted octanol–water partition coefficient (Wildman–Crippen LogP) is 2.64. The number of hydrogen-bond acceptors (Lipinski definition) is 2. The zero-order valence-electron chi connectivity index (χ0n) is 11.3. The zero-order valence-corrected chi connectivity index (χ0v) is 11.3. The van der Waals surface area contributed by atoms with Crippen LogP contribution in [0.1, 0.15) is 51.9 Å². The van der Waals surface area contributed by atoms with Crippen LogP contribution in [0.3, 0.4) is 0 Å². The molecule has 3 fully saturated rings. The summed E-state index contributed by atoms with van der Waals surface area (Å²) < 4.78 is 0. The second-order valence-corrected chi connectivity index (χ2v) is 6.63. The Balaban J connectivity index is 1.43. The molecule has 2 aliphatic carbocycles. The van der Waals surface area contributed by atoms with Crippen LogP contribution in [-0.4, -0.2) is 36.6 Å². The van der Waals surface area contributed by atoms with Crippen LogP contribution in [0.5, 0.6) is 0 Å². The van der Waals surface area contributed by atoms with Gasteiger partial charge in [-0.1, -0.05) is 6.42 Å². The molecule has 3 aliphatic rings. The van der Waals surface area contributed by atoms with E-state index in [1.807, 2.05) is 0 Å². The lowest BCUT2D eigenvalue weighted by Gasteiger charge is -2.31. The van der Waals surface area contributed by atoms with Crippen LogP contribution < -0.4 is 5.32 Å². The molecule has 1 N–H and O–H groups in total. The zero-order chi connectivity index (χ0) is 11.7. The van der Waals surface area contributed by atoms with Gasteiger partial charge in [-0.25, -0.2) is 0 Å². The summed E-state index contributed by atoms with van der Waals surface area (Å²) in [4.78, 5) is 2.66. The minimum atomic E-state index is 0.694. The molecule has 98 valence electrons. The van der Waals surface area contributed by atoms with Crippen molar-refractivity contribution >= 4 is 0 Å². The maximum atomic E-state index is 3.95. The fourth-order valence-electron chi connectivity index (χ4n) is 3.48. The summed E-state index contributed by atoms with van der Waals surface area (Å²) in [5.41, 5.74) is 0. The number of hydrogen-bond donors (Lipinski definition) is 1. The smallest absolute Gasteiger partial charge is 0.0169 e. The Morgan fingerprint density at radius 2 is 1.59 bits per heavy atom. The molecule has 0 aromatic rings. The van der Waals surface area contributed by atoms with E-state index in [1.165, 1.54) is 64.6 Å². The van der Waals surface area contributed by atoms with Crippen LogP contribution >= 0.6 is 0 Å². The fraction of sp³-hybridized carbons (Fsp3) is 1.00. The standard InChI is InChI=1S/C15H28N2/c1-12(11-17-9-3-2-4-10-17)16-15(13-5-6-13)14-7-8-14/h12-16H,2-11H2,1H3. The van der Waals surface area contributed by atoms with E-state index in [9.17, 15) is 0 Å². The van der Waals surface area contributed by atoms with Crippen molar-refractivity contribution < 1.29 is 0 Å². The van der Waals surface area contributed by atoms with Gasteiger partial charge >= 0.3 is 0 Å². The summed E-state index contributed by atoms with van der Waals surface area (Å²) in [6.07, 6.45) is 10.2. The van der Waals surface area contributed by atoms with Gasteiger partial charge in [0, 0.05) is 18.6 Å². The SMILES string of the molecule is CC(CN1CCCCC1)NC(C1CC1)C1CC1. The van der Waals surface area contributed by atoms with Crippen molar-refractivity contribution in [3.63, 3.8) is 0 Å². The number of rotatable bonds is 6. The highest BCUT2D eigenvalue weighted by molar-refractivity contribution is 4.97. The molecular formula is C15H28N2. The van der Waals surface area contributed by atoms with Crippen molar-refractivity contribution in [2.75, 3.05) is 19.6 Å². The van der Waals surface area contributed by atoms with Crippen molar-refractivity contribution in [1.29, 1.82) is 0 Å². The molecule has 2 heteroatoms. The second kappa shape index (κ2) is 5.27. The minimum Gasteiger partial charge on any atom is -0.310 e. The highest BCUT2D eigenvalue weighted by atomic mass is 15.2. The summed E-state index contributed by atoms with van der Waals surface area (Å²) in [6.45, 7) is 6.34. The first kappa shape index (κ1) is 12.0. The average Bonchev–Trinajstić information content (AvgIpc) is 3.19. The van der Waals surface area contributed by atoms with Gasteiger partial charge < -0.3 is 10.2 Å². The van der Waals surface area contributed by atoms with Crippen LogP contribution in [0.2, 0.25) is 0 Å². The first-order valence-corrected chi connectivity index (χ1v) is 7.81. The highest BCUT2D eigenvalue weighted by Gasteiger charge is 2.41. The Labute approximate surface area is 106 Å². The first-order chi connectivity index (χ1) is 8.33. The summed E-state index contributed by atoms with van der Waals surface area (Å²) in [7, 11) is 0. The third kappa shape index (κ3) is 3.45. The van der Waals surface area contributed by atoms with Crippen LogP contribution in [0, 0.1) is 11.8 Å². The van der Waals surface area contributed by atoms with Gasteiger partial charge in [0.25, 0.3) is 0 Å². The van der Waals surface area contributed by atoms with E-state index < -0.39 is 0 Å². The Hall–Kier alpha value is -0.0800. The van der Waals surface area contributed by atoms with Crippen LogP contribution in [-0.2, 0) is 0 Å². The Kier molecular flexibility index (Phi) is 3.72. The van der Waals surface area contributed by atoms with E-state index in [2.05, 4.69) is 17.1 Å². The van der Waals surface area contributed by atoms with E-state index >= 15 is 0 Å². The number of piperidine rings is 1. The van der Waals surface area contributed by atoms with Gasteiger partial charge in [0.2, 0.25) is 0 Å². The quantitative estimate of drug-likeness (QED) is 0.763. The lowest BCUT2D eigenvalue weighted by atomic mass is 10.1. The molecule has 1 aliphatic heterocycles. The van der Waals surface area contributed by atoms with Crippen LogP contribution in [0.15, 0.2) is 0 Å². The molecular weight excluding hydrogens is 208 g/mol. The fourth-order valence-corrected chi connectivity index (χ4v) is 3.48. The number of nitrogens with zero attached hydrogens (tertiary/aromatic N) is 1. The molecule has 0 amide bonds.